The second kappa shape index (κ2) is 7.03. The van der Waals surface area contributed by atoms with Crippen LogP contribution in [0.2, 0.25) is 0 Å². The Morgan fingerprint density at radius 3 is 2.84 bits per heavy atom. The second-order valence-electron chi connectivity index (χ2n) is 6.30. The number of nitrogens with zero attached hydrogens (tertiary/aromatic N) is 5. The van der Waals surface area contributed by atoms with Crippen molar-refractivity contribution in [3.63, 3.8) is 0 Å². The van der Waals surface area contributed by atoms with Crippen molar-refractivity contribution in [3.05, 3.63) is 34.1 Å². The Balaban J connectivity index is 1.86. The van der Waals surface area contributed by atoms with Crippen LogP contribution in [0, 0.1) is 18.6 Å². The molecule has 1 saturated heterocycles. The number of benzene rings is 1. The molecule has 2 atom stereocenters. The predicted molar refractivity (Wildman–Crippen MR) is 92.8 cm³/mol. The van der Waals surface area contributed by atoms with Crippen molar-refractivity contribution < 1.29 is 14.6 Å². The van der Waals surface area contributed by atoms with E-state index in [4.69, 9.17) is 17.0 Å². The lowest BCUT2D eigenvalue weighted by Crippen LogP contribution is -2.38. The normalized spacial score (nSPS) is 20.8. The van der Waals surface area contributed by atoms with Gasteiger partial charge in [0.15, 0.2) is 0 Å². The smallest absolute Gasteiger partial charge is 0.323 e. The third-order valence-electron chi connectivity index (χ3n) is 4.39. The minimum absolute atomic E-state index is 0.264. The molecule has 1 aliphatic heterocycles. The number of methoxy groups -OCH3 is 1. The summed E-state index contributed by atoms with van der Waals surface area (Å²) in [5.74, 6) is -0.371. The fourth-order valence-corrected chi connectivity index (χ4v) is 3.38. The SMILES string of the molecule is COC(=O)[C@@H]1C[C@@H](O)CN1Cn1nnn(-c2ccc(C)cc2C)c1=S. The van der Waals surface area contributed by atoms with Crippen LogP contribution in [-0.4, -0.2) is 61.6 Å². The van der Waals surface area contributed by atoms with Gasteiger partial charge in [-0.15, -0.1) is 0 Å². The number of aliphatic hydroxyl groups excluding tert-OH is 1. The van der Waals surface area contributed by atoms with Gasteiger partial charge >= 0.3 is 5.97 Å². The average molecular weight is 363 g/mol. The van der Waals surface area contributed by atoms with E-state index in [1.165, 1.54) is 7.11 Å². The molecule has 0 spiro atoms. The molecule has 0 unspecified atom stereocenters. The summed E-state index contributed by atoms with van der Waals surface area (Å²) in [6.07, 6.45) is -0.238. The van der Waals surface area contributed by atoms with Crippen molar-refractivity contribution in [1.82, 2.24) is 24.7 Å². The van der Waals surface area contributed by atoms with Crippen LogP contribution in [0.3, 0.4) is 0 Å². The van der Waals surface area contributed by atoms with E-state index in [2.05, 4.69) is 16.5 Å². The highest BCUT2D eigenvalue weighted by molar-refractivity contribution is 7.71. The Labute approximate surface area is 150 Å². The molecule has 2 heterocycles. The molecule has 1 aromatic carbocycles. The molecule has 25 heavy (non-hydrogen) atoms. The maximum Gasteiger partial charge on any atom is 0.323 e. The lowest BCUT2D eigenvalue weighted by molar-refractivity contribution is -0.146. The van der Waals surface area contributed by atoms with Crippen LogP contribution in [0.1, 0.15) is 17.5 Å². The molecule has 0 radical (unpaired) electrons. The Hall–Kier alpha value is -2.10. The molecule has 9 heteroatoms. The molecule has 0 aliphatic carbocycles. The van der Waals surface area contributed by atoms with Crippen molar-refractivity contribution in [1.29, 1.82) is 0 Å². The fourth-order valence-electron chi connectivity index (χ4n) is 3.15. The number of aliphatic hydroxyl groups is 1. The van der Waals surface area contributed by atoms with Gasteiger partial charge in [-0.2, -0.15) is 4.68 Å². The van der Waals surface area contributed by atoms with Crippen LogP contribution in [0.15, 0.2) is 18.2 Å². The molecule has 1 N–H and O–H groups in total. The van der Waals surface area contributed by atoms with E-state index in [9.17, 15) is 9.90 Å². The predicted octanol–water partition coefficient (Wildman–Crippen LogP) is 0.981. The van der Waals surface area contributed by atoms with E-state index in [0.29, 0.717) is 17.7 Å². The number of aryl methyl sites for hydroxylation is 2. The van der Waals surface area contributed by atoms with Crippen molar-refractivity contribution in [2.75, 3.05) is 13.7 Å². The largest absolute Gasteiger partial charge is 0.468 e. The van der Waals surface area contributed by atoms with Gasteiger partial charge in [0.25, 0.3) is 0 Å². The first-order valence-electron chi connectivity index (χ1n) is 8.01. The van der Waals surface area contributed by atoms with Gasteiger partial charge in [-0.3, -0.25) is 9.69 Å². The number of ether oxygens (including phenoxy) is 1. The van der Waals surface area contributed by atoms with Gasteiger partial charge in [0, 0.05) is 13.0 Å². The quantitative estimate of drug-likeness (QED) is 0.640. The summed E-state index contributed by atoms with van der Waals surface area (Å²) in [5, 5.41) is 18.1. The Morgan fingerprint density at radius 2 is 2.16 bits per heavy atom. The monoisotopic (exact) mass is 363 g/mol. The number of carbonyl (C=O) groups excluding carboxylic acids is 1. The molecule has 1 aliphatic rings. The Bertz CT molecular complexity index is 847. The number of esters is 1. The highest BCUT2D eigenvalue weighted by Gasteiger charge is 2.37. The highest BCUT2D eigenvalue weighted by Crippen LogP contribution is 2.20. The standard InChI is InChI=1S/C16H21N5O3S/c1-10-4-5-13(11(2)6-10)21-16(25)20(17-18-21)9-19-8-12(22)7-14(19)15(23)24-3/h4-6,12,14,22H,7-9H2,1-3H3/t12-,14+/m1/s1. The summed E-state index contributed by atoms with van der Waals surface area (Å²) >= 11 is 5.49. The zero-order valence-electron chi connectivity index (χ0n) is 14.4. The van der Waals surface area contributed by atoms with E-state index in [-0.39, 0.29) is 12.6 Å². The molecule has 0 saturated carbocycles. The Kier molecular flexibility index (Phi) is 4.98. The molecular weight excluding hydrogens is 342 g/mol. The zero-order chi connectivity index (χ0) is 18.1. The lowest BCUT2D eigenvalue weighted by atomic mass is 10.1. The first-order valence-corrected chi connectivity index (χ1v) is 8.42. The van der Waals surface area contributed by atoms with Crippen LogP contribution in [0.5, 0.6) is 0 Å². The van der Waals surface area contributed by atoms with Gasteiger partial charge in [-0.1, -0.05) is 17.7 Å². The summed E-state index contributed by atoms with van der Waals surface area (Å²) in [7, 11) is 1.34. The first-order chi connectivity index (χ1) is 11.9. The fraction of sp³-hybridized carbons (Fsp3) is 0.500. The number of likely N-dealkylation sites (tertiary alicyclic amines) is 1. The number of β-amino-alcohol motifs (C(OH)–C–C–N with tert-alkyl or cyclic N) is 1. The number of carbonyl (C=O) groups is 1. The minimum atomic E-state index is -0.576. The van der Waals surface area contributed by atoms with Gasteiger partial charge in [0.1, 0.15) is 6.04 Å². The van der Waals surface area contributed by atoms with Crippen LogP contribution < -0.4 is 0 Å². The zero-order valence-corrected chi connectivity index (χ0v) is 15.2. The van der Waals surface area contributed by atoms with Crippen LogP contribution in [-0.2, 0) is 16.2 Å². The number of hydrogen-bond donors (Lipinski definition) is 1. The third kappa shape index (κ3) is 3.48. The minimum Gasteiger partial charge on any atom is -0.468 e. The lowest BCUT2D eigenvalue weighted by Gasteiger charge is -2.21. The van der Waals surface area contributed by atoms with Gasteiger partial charge in [-0.05, 0) is 48.1 Å². The molecule has 1 aromatic heterocycles. The molecule has 134 valence electrons. The van der Waals surface area contributed by atoms with Crippen molar-refractivity contribution >= 4 is 18.2 Å². The molecule has 2 aromatic rings. The number of aromatic nitrogens is 4. The number of tetrazole rings is 1. The van der Waals surface area contributed by atoms with E-state index >= 15 is 0 Å². The maximum atomic E-state index is 11.9. The topological polar surface area (TPSA) is 85.4 Å². The average Bonchev–Trinajstić information content (AvgIpc) is 3.11. The summed E-state index contributed by atoms with van der Waals surface area (Å²) in [6.45, 7) is 4.64. The molecular formula is C16H21N5O3S. The molecule has 3 rings (SSSR count). The van der Waals surface area contributed by atoms with Crippen LogP contribution >= 0.6 is 12.2 Å². The third-order valence-corrected chi connectivity index (χ3v) is 4.77. The molecule has 0 amide bonds. The van der Waals surface area contributed by atoms with E-state index in [1.54, 1.807) is 14.3 Å². The van der Waals surface area contributed by atoms with Gasteiger partial charge < -0.3 is 9.84 Å². The number of rotatable bonds is 4. The number of hydrogen-bond acceptors (Lipinski definition) is 7. The van der Waals surface area contributed by atoms with Crippen molar-refractivity contribution in [2.45, 2.75) is 39.1 Å². The van der Waals surface area contributed by atoms with Gasteiger partial charge in [0.05, 0.1) is 25.6 Å². The molecule has 8 nitrogen and oxygen atoms in total. The van der Waals surface area contributed by atoms with E-state index < -0.39 is 12.1 Å². The van der Waals surface area contributed by atoms with Crippen molar-refractivity contribution in [3.8, 4) is 5.69 Å². The van der Waals surface area contributed by atoms with E-state index in [1.807, 2.05) is 26.0 Å². The van der Waals surface area contributed by atoms with E-state index in [0.717, 1.165) is 16.8 Å². The maximum absolute atomic E-state index is 11.9. The highest BCUT2D eigenvalue weighted by atomic mass is 32.1. The summed E-state index contributed by atoms with van der Waals surface area (Å²) in [5.41, 5.74) is 3.08. The van der Waals surface area contributed by atoms with Gasteiger partial charge in [-0.25, -0.2) is 4.68 Å². The molecule has 1 fully saturated rings. The van der Waals surface area contributed by atoms with Crippen molar-refractivity contribution in [2.24, 2.45) is 0 Å². The second-order valence-corrected chi connectivity index (χ2v) is 6.67. The van der Waals surface area contributed by atoms with Crippen LogP contribution in [0.4, 0.5) is 0 Å². The summed E-state index contributed by atoms with van der Waals surface area (Å²) in [4.78, 5) is 13.7. The summed E-state index contributed by atoms with van der Waals surface area (Å²) < 4.78 is 8.39. The van der Waals surface area contributed by atoms with Gasteiger partial charge in [0.2, 0.25) is 4.77 Å². The van der Waals surface area contributed by atoms with Crippen LogP contribution in [0.25, 0.3) is 5.69 Å². The first kappa shape index (κ1) is 17.7. The molecule has 0 bridgehead atoms. The summed E-state index contributed by atoms with van der Waals surface area (Å²) in [6, 6.07) is 5.50. The Morgan fingerprint density at radius 1 is 1.40 bits per heavy atom.